The molecule has 0 fully saturated rings. The van der Waals surface area contributed by atoms with E-state index in [9.17, 15) is 13.2 Å². The summed E-state index contributed by atoms with van der Waals surface area (Å²) < 4.78 is 34.0. The maximum atomic E-state index is 13.2. The zero-order chi connectivity index (χ0) is 22.0. The lowest BCUT2D eigenvalue weighted by Gasteiger charge is -2.29. The minimum absolute atomic E-state index is 0.0705. The van der Waals surface area contributed by atoms with Crippen molar-refractivity contribution >= 4 is 21.6 Å². The lowest BCUT2D eigenvalue weighted by Crippen LogP contribution is -2.36. The number of amides is 1. The molecule has 7 heteroatoms. The van der Waals surface area contributed by atoms with Gasteiger partial charge in [-0.1, -0.05) is 42.0 Å². The second-order valence-electron chi connectivity index (χ2n) is 7.58. The first-order valence-corrected chi connectivity index (χ1v) is 11.5. The first-order valence-electron chi connectivity index (χ1n) is 10.0. The third-order valence-corrected chi connectivity index (χ3v) is 6.82. The highest BCUT2D eigenvalue weighted by atomic mass is 32.2. The van der Waals surface area contributed by atoms with Crippen molar-refractivity contribution in [2.24, 2.45) is 0 Å². The van der Waals surface area contributed by atoms with E-state index in [1.807, 2.05) is 37.3 Å². The molecule has 1 amide bonds. The van der Waals surface area contributed by atoms with Gasteiger partial charge >= 0.3 is 0 Å². The molecule has 1 N–H and O–H groups in total. The molecule has 0 saturated carbocycles. The number of nitrogens with zero attached hydrogens (tertiary/aromatic N) is 1. The monoisotopic (exact) mass is 436 g/mol. The smallest absolute Gasteiger partial charge is 0.265 e. The van der Waals surface area contributed by atoms with Crippen molar-refractivity contribution in [3.05, 3.63) is 89.0 Å². The van der Waals surface area contributed by atoms with Crippen LogP contribution in [0, 0.1) is 6.92 Å². The van der Waals surface area contributed by atoms with E-state index in [0.29, 0.717) is 24.3 Å². The summed E-state index contributed by atoms with van der Waals surface area (Å²) >= 11 is 0. The van der Waals surface area contributed by atoms with E-state index in [2.05, 4.69) is 10.8 Å². The lowest BCUT2D eigenvalue weighted by atomic mass is 9.99. The number of hydrogen-bond donors (Lipinski definition) is 1. The van der Waals surface area contributed by atoms with Gasteiger partial charge in [-0.3, -0.25) is 9.52 Å². The van der Waals surface area contributed by atoms with Gasteiger partial charge < -0.3 is 9.64 Å². The van der Waals surface area contributed by atoms with Crippen molar-refractivity contribution in [3.8, 4) is 5.75 Å². The number of methoxy groups -OCH3 is 1. The van der Waals surface area contributed by atoms with E-state index in [1.165, 1.54) is 24.8 Å². The largest absolute Gasteiger partial charge is 0.495 e. The van der Waals surface area contributed by atoms with Gasteiger partial charge in [0.25, 0.3) is 15.9 Å². The van der Waals surface area contributed by atoms with Crippen LogP contribution in [-0.2, 0) is 23.0 Å². The fraction of sp³-hybridized carbons (Fsp3) is 0.208. The van der Waals surface area contributed by atoms with Crippen LogP contribution in [0.5, 0.6) is 5.75 Å². The van der Waals surface area contributed by atoms with Gasteiger partial charge in [0.15, 0.2) is 0 Å². The van der Waals surface area contributed by atoms with Gasteiger partial charge in [-0.15, -0.1) is 0 Å². The quantitative estimate of drug-likeness (QED) is 0.656. The SMILES string of the molecule is COc1ccc(C(=O)N2CCc3ccccc3C2)cc1S(=O)(=O)Nc1ccc(C)cc1. The van der Waals surface area contributed by atoms with Gasteiger partial charge in [-0.25, -0.2) is 8.42 Å². The molecule has 0 aliphatic carbocycles. The third kappa shape index (κ3) is 4.41. The summed E-state index contributed by atoms with van der Waals surface area (Å²) in [6.07, 6.45) is 0.776. The van der Waals surface area contributed by atoms with E-state index in [1.54, 1.807) is 23.1 Å². The number of ether oxygens (including phenoxy) is 1. The maximum absolute atomic E-state index is 13.2. The second-order valence-corrected chi connectivity index (χ2v) is 9.23. The van der Waals surface area contributed by atoms with Crippen LogP contribution in [0.15, 0.2) is 71.6 Å². The van der Waals surface area contributed by atoms with E-state index >= 15 is 0 Å². The molecule has 31 heavy (non-hydrogen) atoms. The molecule has 160 valence electrons. The van der Waals surface area contributed by atoms with E-state index < -0.39 is 10.0 Å². The number of fused-ring (bicyclic) bond motifs is 1. The molecule has 0 atom stereocenters. The van der Waals surface area contributed by atoms with Gasteiger partial charge in [-0.05, 0) is 54.8 Å². The molecule has 0 bridgehead atoms. The summed E-state index contributed by atoms with van der Waals surface area (Å²) in [6, 6.07) is 19.6. The van der Waals surface area contributed by atoms with Gasteiger partial charge in [0.2, 0.25) is 0 Å². The average molecular weight is 437 g/mol. The molecule has 3 aromatic rings. The van der Waals surface area contributed by atoms with Crippen LogP contribution in [0.1, 0.15) is 27.0 Å². The van der Waals surface area contributed by atoms with Crippen LogP contribution in [0.4, 0.5) is 5.69 Å². The Morgan fingerprint density at radius 1 is 1.00 bits per heavy atom. The molecule has 3 aromatic carbocycles. The molecule has 0 spiro atoms. The van der Waals surface area contributed by atoms with Crippen LogP contribution >= 0.6 is 0 Å². The van der Waals surface area contributed by atoms with Gasteiger partial charge in [0.1, 0.15) is 10.6 Å². The molecular formula is C24H24N2O4S. The van der Waals surface area contributed by atoms with Crippen molar-refractivity contribution in [2.45, 2.75) is 24.8 Å². The second kappa shape index (κ2) is 8.43. The third-order valence-electron chi connectivity index (χ3n) is 5.42. The Morgan fingerprint density at radius 2 is 1.71 bits per heavy atom. The van der Waals surface area contributed by atoms with Crippen molar-refractivity contribution in [3.63, 3.8) is 0 Å². The topological polar surface area (TPSA) is 75.7 Å². The summed E-state index contributed by atoms with van der Waals surface area (Å²) in [5, 5.41) is 0. The lowest BCUT2D eigenvalue weighted by molar-refractivity contribution is 0.0734. The molecule has 4 rings (SSSR count). The highest BCUT2D eigenvalue weighted by molar-refractivity contribution is 7.92. The van der Waals surface area contributed by atoms with Crippen LogP contribution in [0.3, 0.4) is 0 Å². The Bertz CT molecular complexity index is 1220. The number of sulfonamides is 1. The van der Waals surface area contributed by atoms with Crippen LogP contribution in [-0.4, -0.2) is 32.9 Å². The van der Waals surface area contributed by atoms with Gasteiger partial charge in [0.05, 0.1) is 7.11 Å². The zero-order valence-corrected chi connectivity index (χ0v) is 18.3. The number of hydrogen-bond acceptors (Lipinski definition) is 4. The summed E-state index contributed by atoms with van der Waals surface area (Å²) in [4.78, 5) is 14.8. The van der Waals surface area contributed by atoms with Crippen LogP contribution in [0.25, 0.3) is 0 Å². The van der Waals surface area contributed by atoms with Crippen LogP contribution in [0.2, 0.25) is 0 Å². The van der Waals surface area contributed by atoms with Gasteiger partial charge in [-0.2, -0.15) is 0 Å². The highest BCUT2D eigenvalue weighted by Crippen LogP contribution is 2.28. The number of carbonyl (C=O) groups excluding carboxylic acids is 1. The van der Waals surface area contributed by atoms with E-state index in [4.69, 9.17) is 4.74 Å². The molecule has 1 aliphatic rings. The van der Waals surface area contributed by atoms with Crippen molar-refractivity contribution < 1.29 is 17.9 Å². The molecule has 6 nitrogen and oxygen atoms in total. The molecule has 0 aromatic heterocycles. The summed E-state index contributed by atoms with van der Waals surface area (Å²) in [5.74, 6) is -0.0240. The predicted molar refractivity (Wildman–Crippen MR) is 120 cm³/mol. The normalized spacial score (nSPS) is 13.4. The maximum Gasteiger partial charge on any atom is 0.265 e. The minimum atomic E-state index is -3.95. The predicted octanol–water partition coefficient (Wildman–Crippen LogP) is 4.00. The fourth-order valence-electron chi connectivity index (χ4n) is 3.70. The van der Waals surface area contributed by atoms with Gasteiger partial charge in [0, 0.05) is 24.3 Å². The Hall–Kier alpha value is -3.32. The van der Waals surface area contributed by atoms with Crippen molar-refractivity contribution in [1.29, 1.82) is 0 Å². The number of benzene rings is 3. The number of aryl methyl sites for hydroxylation is 1. The molecular weight excluding hydrogens is 412 g/mol. The number of anilines is 1. The summed E-state index contributed by atoms with van der Waals surface area (Å²) in [6.45, 7) is 3.02. The summed E-state index contributed by atoms with van der Waals surface area (Å²) in [5.41, 5.74) is 4.13. The minimum Gasteiger partial charge on any atom is -0.495 e. The number of nitrogens with one attached hydrogen (secondary N) is 1. The molecule has 0 radical (unpaired) electrons. The summed E-state index contributed by atoms with van der Waals surface area (Å²) in [7, 11) is -2.54. The molecule has 1 aliphatic heterocycles. The molecule has 1 heterocycles. The van der Waals surface area contributed by atoms with E-state index in [0.717, 1.165) is 17.5 Å². The Labute approximate surface area is 182 Å². The Balaban J connectivity index is 1.63. The van der Waals surface area contributed by atoms with Crippen molar-refractivity contribution in [2.75, 3.05) is 18.4 Å². The average Bonchev–Trinajstić information content (AvgIpc) is 2.79. The van der Waals surface area contributed by atoms with Crippen molar-refractivity contribution in [1.82, 2.24) is 4.90 Å². The van der Waals surface area contributed by atoms with Crippen LogP contribution < -0.4 is 9.46 Å². The number of carbonyl (C=O) groups is 1. The Kier molecular flexibility index (Phi) is 5.69. The zero-order valence-electron chi connectivity index (χ0n) is 17.5. The first-order chi connectivity index (χ1) is 14.9. The fourth-order valence-corrected chi connectivity index (χ4v) is 4.96. The first kappa shape index (κ1) is 20.9. The Morgan fingerprint density at radius 3 is 2.42 bits per heavy atom. The molecule has 0 saturated heterocycles. The number of rotatable bonds is 5. The highest BCUT2D eigenvalue weighted by Gasteiger charge is 2.25. The standard InChI is InChI=1S/C24H24N2O4S/c1-17-7-10-21(11-8-17)25-31(28,29)23-15-19(9-12-22(23)30-2)24(27)26-14-13-18-5-3-4-6-20(18)16-26/h3-12,15,25H,13-14,16H2,1-2H3. The molecule has 0 unspecified atom stereocenters. The van der Waals surface area contributed by atoms with E-state index in [-0.39, 0.29) is 16.6 Å².